The number of hydrogen-bond donors (Lipinski definition) is 1. The van der Waals surface area contributed by atoms with Gasteiger partial charge in [0, 0.05) is 24.7 Å². The number of carbonyl (C=O) groups is 2. The molecule has 8 nitrogen and oxygen atoms in total. The second-order valence-electron chi connectivity index (χ2n) is 8.33. The van der Waals surface area contributed by atoms with Crippen LogP contribution in [0.1, 0.15) is 40.1 Å². The molecule has 2 fully saturated rings. The van der Waals surface area contributed by atoms with Gasteiger partial charge in [0.2, 0.25) is 5.43 Å². The number of hydrogen-bond acceptors (Lipinski definition) is 5. The first-order chi connectivity index (χ1) is 16.0. The Morgan fingerprint density at radius 1 is 1.30 bits per heavy atom. The van der Waals surface area contributed by atoms with Crippen molar-refractivity contribution in [2.24, 2.45) is 5.92 Å². The maximum Gasteiger partial charge on any atom is 0.276 e. The number of ether oxygens (including phenoxy) is 1. The molecule has 1 aromatic rings. The van der Waals surface area contributed by atoms with Crippen LogP contribution in [0.3, 0.4) is 0 Å². The van der Waals surface area contributed by atoms with Crippen molar-refractivity contribution in [3.8, 4) is 5.75 Å². The number of nitrogens with one attached hydrogen (secondary N) is 1. The minimum Gasteiger partial charge on any atom is -0.474 e. The van der Waals surface area contributed by atoms with Crippen LogP contribution in [0.5, 0.6) is 5.75 Å². The number of amides is 2. The van der Waals surface area contributed by atoms with Gasteiger partial charge in [-0.15, -0.1) is 0 Å². The minimum absolute atomic E-state index is 0.1000. The van der Waals surface area contributed by atoms with Crippen molar-refractivity contribution in [2.75, 3.05) is 13.2 Å². The molecule has 1 aliphatic carbocycles. The van der Waals surface area contributed by atoms with E-state index < -0.39 is 17.6 Å². The summed E-state index contributed by atoms with van der Waals surface area (Å²) in [6, 6.07) is 0.111. The molecule has 1 unspecified atom stereocenters. The van der Waals surface area contributed by atoms with E-state index in [0.717, 1.165) is 24.8 Å². The monoisotopic (exact) mass is 469 g/mol. The van der Waals surface area contributed by atoms with Crippen LogP contribution in [-0.2, 0) is 11.3 Å². The minimum atomic E-state index is -0.628. The average Bonchev–Trinajstić information content (AvgIpc) is 3.30. The van der Waals surface area contributed by atoms with Crippen molar-refractivity contribution in [1.82, 2.24) is 14.8 Å². The molecule has 4 rings (SSSR count). The Balaban J connectivity index is 1.63. The standard InChI is InChI=1S/C24H28N3O5P/c1-3-5-6-8-15(4-2)11-25-23(29)17-12-26-13-19-27(18-10-7-9-16(18)14-31-19)24(30)20(26)22(32-33)21(17)28/h3-6,8,12,16,18-19H,1-2,7,9-11,13-14,33H2,(H,25,29)/b6-5-,15-8+/t16-,18-,19+/m0/s1. The molecule has 0 aromatic carbocycles. The average molecular weight is 469 g/mol. The zero-order valence-electron chi connectivity index (χ0n) is 18.4. The molecular formula is C24H28N3O5P. The van der Waals surface area contributed by atoms with Crippen LogP contribution in [0.15, 0.2) is 60.1 Å². The quantitative estimate of drug-likeness (QED) is 0.490. The van der Waals surface area contributed by atoms with Gasteiger partial charge in [0.05, 0.1) is 22.6 Å². The maximum atomic E-state index is 13.5. The molecule has 0 bridgehead atoms. The summed E-state index contributed by atoms with van der Waals surface area (Å²) in [6.45, 7) is 8.48. The molecule has 2 amide bonds. The Morgan fingerprint density at radius 2 is 2.12 bits per heavy atom. The number of aromatic nitrogens is 1. The van der Waals surface area contributed by atoms with Gasteiger partial charge in [0.1, 0.15) is 5.56 Å². The summed E-state index contributed by atoms with van der Waals surface area (Å²) in [6.07, 6.45) is 12.6. The summed E-state index contributed by atoms with van der Waals surface area (Å²) in [5.74, 6) is -0.684. The Morgan fingerprint density at radius 3 is 2.85 bits per heavy atom. The van der Waals surface area contributed by atoms with Crippen molar-refractivity contribution in [2.45, 2.75) is 38.1 Å². The summed E-state index contributed by atoms with van der Waals surface area (Å²) in [7, 11) is 2.02. The third kappa shape index (κ3) is 4.33. The number of nitrogens with zero attached hydrogens (tertiary/aromatic N) is 2. The van der Waals surface area contributed by atoms with Gasteiger partial charge in [-0.2, -0.15) is 0 Å². The van der Waals surface area contributed by atoms with E-state index in [0.29, 0.717) is 19.1 Å². The van der Waals surface area contributed by atoms with Crippen molar-refractivity contribution in [3.63, 3.8) is 0 Å². The summed E-state index contributed by atoms with van der Waals surface area (Å²) < 4.78 is 12.9. The number of fused-ring (bicyclic) bond motifs is 4. The van der Waals surface area contributed by atoms with Gasteiger partial charge in [0.25, 0.3) is 11.8 Å². The fourth-order valence-corrected chi connectivity index (χ4v) is 5.05. The van der Waals surface area contributed by atoms with Crippen molar-refractivity contribution >= 4 is 21.3 Å². The molecule has 0 radical (unpaired) electrons. The second-order valence-corrected chi connectivity index (χ2v) is 8.56. The van der Waals surface area contributed by atoms with Crippen LogP contribution in [0.4, 0.5) is 0 Å². The molecule has 174 valence electrons. The van der Waals surface area contributed by atoms with Gasteiger partial charge in [-0.05, 0) is 18.4 Å². The second kappa shape index (κ2) is 9.89. The molecule has 1 saturated heterocycles. The summed E-state index contributed by atoms with van der Waals surface area (Å²) in [4.78, 5) is 41.2. The number of rotatable bonds is 7. The Hall–Kier alpha value is -2.96. The number of allylic oxidation sites excluding steroid dienone is 4. The zero-order valence-corrected chi connectivity index (χ0v) is 19.5. The third-order valence-corrected chi connectivity index (χ3v) is 6.69. The van der Waals surface area contributed by atoms with Gasteiger partial charge in [-0.3, -0.25) is 14.4 Å². The van der Waals surface area contributed by atoms with Crippen LogP contribution in [0.2, 0.25) is 0 Å². The number of carbonyl (C=O) groups excluding carboxylic acids is 2. The van der Waals surface area contributed by atoms with E-state index in [9.17, 15) is 14.4 Å². The maximum absolute atomic E-state index is 13.5. The molecule has 0 spiro atoms. The lowest BCUT2D eigenvalue weighted by atomic mass is 9.98. The third-order valence-electron chi connectivity index (χ3n) is 6.45. The normalized spacial score (nSPS) is 24.2. The fraction of sp³-hybridized carbons (Fsp3) is 0.375. The van der Waals surface area contributed by atoms with Crippen LogP contribution in [-0.4, -0.2) is 46.7 Å². The van der Waals surface area contributed by atoms with E-state index in [1.165, 1.54) is 6.20 Å². The Kier molecular flexibility index (Phi) is 6.96. The fourth-order valence-electron chi connectivity index (χ4n) is 4.83. The van der Waals surface area contributed by atoms with E-state index in [1.807, 2.05) is 9.47 Å². The summed E-state index contributed by atoms with van der Waals surface area (Å²) in [5.41, 5.74) is 0.184. The highest BCUT2D eigenvalue weighted by Crippen LogP contribution is 2.39. The summed E-state index contributed by atoms with van der Waals surface area (Å²) >= 11 is 0. The predicted molar refractivity (Wildman–Crippen MR) is 128 cm³/mol. The van der Waals surface area contributed by atoms with E-state index in [1.54, 1.807) is 39.8 Å². The van der Waals surface area contributed by atoms with E-state index in [4.69, 9.17) is 9.26 Å². The number of pyridine rings is 1. The van der Waals surface area contributed by atoms with Crippen LogP contribution in [0, 0.1) is 5.92 Å². The van der Waals surface area contributed by atoms with Crippen molar-refractivity contribution in [3.05, 3.63) is 76.8 Å². The largest absolute Gasteiger partial charge is 0.474 e. The molecule has 3 heterocycles. The first-order valence-corrected chi connectivity index (χ1v) is 11.4. The van der Waals surface area contributed by atoms with Crippen LogP contribution in [0.25, 0.3) is 0 Å². The SMILES string of the molecule is C=C/C=C\C=C(/C=C)CNC(=O)c1cn2c(c(OP)c1=O)C(=O)N1[C@@H](C2)OC[C@@H]2CCC[C@@H]21. The lowest BCUT2D eigenvalue weighted by Crippen LogP contribution is -2.59. The van der Waals surface area contributed by atoms with E-state index >= 15 is 0 Å². The predicted octanol–water partition coefficient (Wildman–Crippen LogP) is 2.58. The van der Waals surface area contributed by atoms with E-state index in [2.05, 4.69) is 18.5 Å². The van der Waals surface area contributed by atoms with Gasteiger partial charge in [-0.25, -0.2) is 0 Å². The van der Waals surface area contributed by atoms with Crippen molar-refractivity contribution < 1.29 is 18.8 Å². The van der Waals surface area contributed by atoms with Gasteiger partial charge in [0.15, 0.2) is 17.7 Å². The first-order valence-electron chi connectivity index (χ1n) is 11.0. The molecule has 2 aliphatic heterocycles. The smallest absolute Gasteiger partial charge is 0.276 e. The highest BCUT2D eigenvalue weighted by Gasteiger charge is 2.47. The Labute approximate surface area is 194 Å². The highest BCUT2D eigenvalue weighted by molar-refractivity contribution is 7.10. The zero-order chi connectivity index (χ0) is 23.5. The first kappa shape index (κ1) is 23.2. The lowest BCUT2D eigenvalue weighted by Gasteiger charge is -2.46. The van der Waals surface area contributed by atoms with Crippen molar-refractivity contribution in [1.29, 1.82) is 0 Å². The lowest BCUT2D eigenvalue weighted by molar-refractivity contribution is -0.134. The summed E-state index contributed by atoms with van der Waals surface area (Å²) in [5, 5.41) is 2.73. The highest BCUT2D eigenvalue weighted by atomic mass is 31.0. The van der Waals surface area contributed by atoms with E-state index in [-0.39, 0.29) is 35.5 Å². The van der Waals surface area contributed by atoms with Gasteiger partial charge >= 0.3 is 0 Å². The van der Waals surface area contributed by atoms with Crippen LogP contribution >= 0.6 is 9.47 Å². The molecule has 3 aliphatic rings. The molecule has 33 heavy (non-hydrogen) atoms. The Bertz CT molecular complexity index is 1110. The molecule has 1 N–H and O–H groups in total. The molecular weight excluding hydrogens is 441 g/mol. The molecule has 1 saturated carbocycles. The van der Waals surface area contributed by atoms with Gasteiger partial charge < -0.3 is 24.0 Å². The molecule has 9 heteroatoms. The van der Waals surface area contributed by atoms with Gasteiger partial charge in [-0.1, -0.05) is 50.0 Å². The molecule has 4 atom stereocenters. The molecule has 1 aromatic heterocycles. The van der Waals surface area contributed by atoms with Crippen LogP contribution < -0.4 is 15.3 Å². The topological polar surface area (TPSA) is 89.9 Å².